The number of nitrogens with one attached hydrogen (secondary N) is 1. The standard InChI is InChI=1S/C15H10ClFN2OS/c16-9-5-10(17)7-12(6-9)19-15(20)14-4-8-3-11(18)1-2-13(8)21-14/h1-7H,18H2,(H,19,20). The van der Waals surface area contributed by atoms with Crippen LogP contribution in [-0.2, 0) is 0 Å². The van der Waals surface area contributed by atoms with Crippen molar-refractivity contribution in [1.82, 2.24) is 0 Å². The van der Waals surface area contributed by atoms with Crippen LogP contribution >= 0.6 is 22.9 Å². The zero-order valence-corrected chi connectivity index (χ0v) is 12.3. The Balaban J connectivity index is 1.89. The molecule has 1 heterocycles. The van der Waals surface area contributed by atoms with E-state index < -0.39 is 5.82 Å². The van der Waals surface area contributed by atoms with Crippen LogP contribution < -0.4 is 11.1 Å². The smallest absolute Gasteiger partial charge is 0.265 e. The summed E-state index contributed by atoms with van der Waals surface area (Å²) in [5.41, 5.74) is 6.68. The van der Waals surface area contributed by atoms with Crippen molar-refractivity contribution < 1.29 is 9.18 Å². The normalized spacial score (nSPS) is 10.8. The van der Waals surface area contributed by atoms with E-state index in [2.05, 4.69) is 5.32 Å². The van der Waals surface area contributed by atoms with E-state index in [-0.39, 0.29) is 10.9 Å². The Labute approximate surface area is 129 Å². The second-order valence-electron chi connectivity index (χ2n) is 4.52. The molecule has 3 nitrogen and oxygen atoms in total. The first-order valence-corrected chi connectivity index (χ1v) is 7.27. The van der Waals surface area contributed by atoms with Crippen molar-refractivity contribution in [3.8, 4) is 0 Å². The number of hydrogen-bond acceptors (Lipinski definition) is 3. The number of rotatable bonds is 2. The maximum atomic E-state index is 13.2. The summed E-state index contributed by atoms with van der Waals surface area (Å²) >= 11 is 7.11. The van der Waals surface area contributed by atoms with Crippen molar-refractivity contribution >= 4 is 50.3 Å². The average Bonchev–Trinajstić information content (AvgIpc) is 2.80. The molecule has 0 radical (unpaired) electrons. The lowest BCUT2D eigenvalue weighted by Gasteiger charge is -2.04. The van der Waals surface area contributed by atoms with Gasteiger partial charge in [0.15, 0.2) is 0 Å². The fraction of sp³-hybridized carbons (Fsp3) is 0. The van der Waals surface area contributed by atoms with E-state index in [0.29, 0.717) is 16.3 Å². The maximum absolute atomic E-state index is 13.2. The first-order chi connectivity index (χ1) is 10.0. The predicted octanol–water partition coefficient (Wildman–Crippen LogP) is 4.53. The van der Waals surface area contributed by atoms with Gasteiger partial charge in [-0.25, -0.2) is 4.39 Å². The SMILES string of the molecule is Nc1ccc2sc(C(=O)Nc3cc(F)cc(Cl)c3)cc2c1. The maximum Gasteiger partial charge on any atom is 0.265 e. The van der Waals surface area contributed by atoms with Crippen molar-refractivity contribution in [2.75, 3.05) is 11.1 Å². The van der Waals surface area contributed by atoms with Gasteiger partial charge in [0, 0.05) is 21.1 Å². The molecule has 0 saturated carbocycles. The number of anilines is 2. The first-order valence-electron chi connectivity index (χ1n) is 6.08. The van der Waals surface area contributed by atoms with Crippen LogP contribution in [0.1, 0.15) is 9.67 Å². The van der Waals surface area contributed by atoms with Gasteiger partial charge in [-0.05, 0) is 47.9 Å². The minimum atomic E-state index is -0.498. The molecule has 0 spiro atoms. The minimum Gasteiger partial charge on any atom is -0.399 e. The fourth-order valence-electron chi connectivity index (χ4n) is 1.99. The highest BCUT2D eigenvalue weighted by atomic mass is 35.5. The summed E-state index contributed by atoms with van der Waals surface area (Å²) < 4.78 is 14.2. The Hall–Kier alpha value is -2.11. The lowest BCUT2D eigenvalue weighted by molar-refractivity contribution is 0.103. The van der Waals surface area contributed by atoms with E-state index in [0.717, 1.165) is 10.1 Å². The molecule has 0 fully saturated rings. The van der Waals surface area contributed by atoms with Crippen molar-refractivity contribution in [2.45, 2.75) is 0 Å². The van der Waals surface area contributed by atoms with Crippen LogP contribution in [0, 0.1) is 5.82 Å². The third-order valence-electron chi connectivity index (χ3n) is 2.88. The third kappa shape index (κ3) is 2.99. The van der Waals surface area contributed by atoms with Crippen LogP contribution in [-0.4, -0.2) is 5.91 Å². The number of benzene rings is 2. The van der Waals surface area contributed by atoms with Crippen LogP contribution in [0.4, 0.5) is 15.8 Å². The van der Waals surface area contributed by atoms with E-state index in [9.17, 15) is 9.18 Å². The highest BCUT2D eigenvalue weighted by molar-refractivity contribution is 7.20. The van der Waals surface area contributed by atoms with Gasteiger partial charge in [0.05, 0.1) is 4.88 Å². The minimum absolute atomic E-state index is 0.231. The molecule has 0 aliphatic carbocycles. The predicted molar refractivity (Wildman–Crippen MR) is 85.6 cm³/mol. The van der Waals surface area contributed by atoms with E-state index in [1.54, 1.807) is 12.1 Å². The molecule has 0 saturated heterocycles. The Bertz CT molecular complexity index is 827. The Morgan fingerprint density at radius 2 is 2.00 bits per heavy atom. The van der Waals surface area contributed by atoms with Crippen LogP contribution in [0.25, 0.3) is 10.1 Å². The monoisotopic (exact) mass is 320 g/mol. The van der Waals surface area contributed by atoms with E-state index >= 15 is 0 Å². The first kappa shape index (κ1) is 13.9. The number of nitrogen functional groups attached to an aromatic ring is 1. The zero-order valence-electron chi connectivity index (χ0n) is 10.7. The number of carbonyl (C=O) groups is 1. The lowest BCUT2D eigenvalue weighted by Crippen LogP contribution is -2.10. The van der Waals surface area contributed by atoms with E-state index in [4.69, 9.17) is 17.3 Å². The Kier molecular flexibility index (Phi) is 3.53. The van der Waals surface area contributed by atoms with Gasteiger partial charge in [0.25, 0.3) is 5.91 Å². The number of thiophene rings is 1. The molecule has 0 aliphatic rings. The molecule has 0 aliphatic heterocycles. The van der Waals surface area contributed by atoms with Gasteiger partial charge in [-0.1, -0.05) is 11.6 Å². The highest BCUT2D eigenvalue weighted by Gasteiger charge is 2.11. The van der Waals surface area contributed by atoms with Gasteiger partial charge in [-0.3, -0.25) is 4.79 Å². The molecule has 1 amide bonds. The number of carbonyl (C=O) groups excluding carboxylic acids is 1. The number of amides is 1. The van der Waals surface area contributed by atoms with Crippen LogP contribution in [0.2, 0.25) is 5.02 Å². The van der Waals surface area contributed by atoms with Gasteiger partial charge in [0.2, 0.25) is 0 Å². The largest absolute Gasteiger partial charge is 0.399 e. The average molecular weight is 321 g/mol. The van der Waals surface area contributed by atoms with Crippen molar-refractivity contribution in [3.05, 3.63) is 58.2 Å². The molecule has 0 unspecified atom stereocenters. The summed E-state index contributed by atoms with van der Waals surface area (Å²) in [5.74, 6) is -0.807. The van der Waals surface area contributed by atoms with E-state index in [1.807, 2.05) is 12.1 Å². The Morgan fingerprint density at radius 3 is 2.76 bits per heavy atom. The fourth-order valence-corrected chi connectivity index (χ4v) is 3.15. The molecular weight excluding hydrogens is 311 g/mol. The summed E-state index contributed by atoms with van der Waals surface area (Å²) in [6.45, 7) is 0. The summed E-state index contributed by atoms with van der Waals surface area (Å²) in [6, 6.07) is 11.1. The molecule has 3 rings (SSSR count). The summed E-state index contributed by atoms with van der Waals surface area (Å²) in [4.78, 5) is 12.7. The number of fused-ring (bicyclic) bond motifs is 1. The van der Waals surface area contributed by atoms with Gasteiger partial charge < -0.3 is 11.1 Å². The quantitative estimate of drug-likeness (QED) is 0.682. The Morgan fingerprint density at radius 1 is 1.19 bits per heavy atom. The highest BCUT2D eigenvalue weighted by Crippen LogP contribution is 2.28. The van der Waals surface area contributed by atoms with Gasteiger partial charge in [0.1, 0.15) is 5.82 Å². The van der Waals surface area contributed by atoms with Crippen LogP contribution in [0.5, 0.6) is 0 Å². The molecule has 2 aromatic carbocycles. The van der Waals surface area contributed by atoms with E-state index in [1.165, 1.54) is 29.5 Å². The zero-order chi connectivity index (χ0) is 15.0. The number of halogens is 2. The second kappa shape index (κ2) is 5.35. The summed E-state index contributed by atoms with van der Waals surface area (Å²) in [5, 5.41) is 3.77. The number of hydrogen-bond donors (Lipinski definition) is 2. The number of nitrogens with two attached hydrogens (primary N) is 1. The molecule has 21 heavy (non-hydrogen) atoms. The topological polar surface area (TPSA) is 55.1 Å². The molecule has 6 heteroatoms. The van der Waals surface area contributed by atoms with Gasteiger partial charge in [-0.15, -0.1) is 11.3 Å². The molecule has 1 aromatic heterocycles. The van der Waals surface area contributed by atoms with Crippen molar-refractivity contribution in [3.63, 3.8) is 0 Å². The summed E-state index contributed by atoms with van der Waals surface area (Å²) in [6.07, 6.45) is 0. The molecule has 0 atom stereocenters. The van der Waals surface area contributed by atoms with Gasteiger partial charge in [-0.2, -0.15) is 0 Å². The molecule has 0 bridgehead atoms. The summed E-state index contributed by atoms with van der Waals surface area (Å²) in [7, 11) is 0. The van der Waals surface area contributed by atoms with Crippen molar-refractivity contribution in [2.24, 2.45) is 0 Å². The molecular formula is C15H10ClFN2OS. The van der Waals surface area contributed by atoms with Crippen molar-refractivity contribution in [1.29, 1.82) is 0 Å². The molecule has 106 valence electrons. The van der Waals surface area contributed by atoms with Crippen LogP contribution in [0.3, 0.4) is 0 Å². The molecule has 3 N–H and O–H groups in total. The molecule has 3 aromatic rings. The van der Waals surface area contributed by atoms with Gasteiger partial charge >= 0.3 is 0 Å². The lowest BCUT2D eigenvalue weighted by atomic mass is 10.2. The third-order valence-corrected chi connectivity index (χ3v) is 4.22. The van der Waals surface area contributed by atoms with Crippen LogP contribution in [0.15, 0.2) is 42.5 Å². The second-order valence-corrected chi connectivity index (χ2v) is 6.04.